The number of halogens is 3. The molecule has 1 N–H and O–H groups in total. The maximum absolute atomic E-state index is 11.6. The standard InChI is InChI=1S/C7H7F3N2O2S/c1-4-5(15-3-11-4)6(13)12-14-2-7(8,9)10/h3H,2H2,1H3,(H,12,13). The minimum atomic E-state index is -4.46. The van der Waals surface area contributed by atoms with Crippen LogP contribution in [0, 0.1) is 6.92 Å². The highest BCUT2D eigenvalue weighted by atomic mass is 32.1. The van der Waals surface area contributed by atoms with Crippen LogP contribution in [-0.4, -0.2) is 23.7 Å². The van der Waals surface area contributed by atoms with E-state index in [1.54, 1.807) is 12.4 Å². The fraction of sp³-hybridized carbons (Fsp3) is 0.429. The van der Waals surface area contributed by atoms with Crippen LogP contribution < -0.4 is 5.48 Å². The van der Waals surface area contributed by atoms with Crippen LogP contribution >= 0.6 is 11.3 Å². The Balaban J connectivity index is 2.41. The molecule has 0 aliphatic carbocycles. The SMILES string of the molecule is Cc1ncsc1C(=O)NOCC(F)(F)F. The summed E-state index contributed by atoms with van der Waals surface area (Å²) in [5.41, 5.74) is 3.57. The number of aromatic nitrogens is 1. The fourth-order valence-electron chi connectivity index (χ4n) is 0.750. The van der Waals surface area contributed by atoms with E-state index in [1.165, 1.54) is 5.51 Å². The molecule has 0 saturated carbocycles. The summed E-state index contributed by atoms with van der Waals surface area (Å²) in [5, 5.41) is 0. The maximum atomic E-state index is 11.6. The Hall–Kier alpha value is -1.15. The summed E-state index contributed by atoms with van der Waals surface area (Å²) in [7, 11) is 0. The van der Waals surface area contributed by atoms with Gasteiger partial charge in [0.25, 0.3) is 5.91 Å². The summed E-state index contributed by atoms with van der Waals surface area (Å²) in [6, 6.07) is 0. The van der Waals surface area contributed by atoms with Gasteiger partial charge in [-0.25, -0.2) is 10.5 Å². The second kappa shape index (κ2) is 4.58. The first kappa shape index (κ1) is 11.9. The summed E-state index contributed by atoms with van der Waals surface area (Å²) in [6.45, 7) is 0.0613. The van der Waals surface area contributed by atoms with E-state index < -0.39 is 18.7 Å². The monoisotopic (exact) mass is 240 g/mol. The third-order valence-electron chi connectivity index (χ3n) is 1.35. The number of nitrogens with one attached hydrogen (secondary N) is 1. The van der Waals surface area contributed by atoms with Crippen molar-refractivity contribution in [2.45, 2.75) is 13.1 Å². The lowest BCUT2D eigenvalue weighted by Crippen LogP contribution is -2.29. The van der Waals surface area contributed by atoms with Gasteiger partial charge in [0.2, 0.25) is 0 Å². The van der Waals surface area contributed by atoms with Gasteiger partial charge < -0.3 is 0 Å². The smallest absolute Gasteiger partial charge is 0.266 e. The number of aryl methyl sites for hydroxylation is 1. The molecule has 84 valence electrons. The van der Waals surface area contributed by atoms with Crippen LogP contribution in [0.2, 0.25) is 0 Å². The predicted molar refractivity (Wildman–Crippen MR) is 46.3 cm³/mol. The number of hydroxylamine groups is 1. The van der Waals surface area contributed by atoms with Crippen LogP contribution in [0.4, 0.5) is 13.2 Å². The van der Waals surface area contributed by atoms with Crippen LogP contribution in [0.3, 0.4) is 0 Å². The summed E-state index contributed by atoms with van der Waals surface area (Å²) in [6.07, 6.45) is -4.46. The van der Waals surface area contributed by atoms with E-state index in [0.717, 1.165) is 11.3 Å². The van der Waals surface area contributed by atoms with E-state index in [4.69, 9.17) is 0 Å². The first-order valence-corrected chi connectivity index (χ1v) is 4.67. The van der Waals surface area contributed by atoms with Crippen molar-refractivity contribution in [3.05, 3.63) is 16.1 Å². The quantitative estimate of drug-likeness (QED) is 0.818. The molecular weight excluding hydrogens is 233 g/mol. The molecule has 0 aromatic carbocycles. The maximum Gasteiger partial charge on any atom is 0.414 e. The number of alkyl halides is 3. The van der Waals surface area contributed by atoms with E-state index in [-0.39, 0.29) is 4.88 Å². The average molecular weight is 240 g/mol. The summed E-state index contributed by atoms with van der Waals surface area (Å²) in [4.78, 5) is 19.2. The zero-order valence-corrected chi connectivity index (χ0v) is 8.41. The molecule has 1 aromatic rings. The van der Waals surface area contributed by atoms with Crippen LogP contribution in [0.5, 0.6) is 0 Å². The molecule has 0 atom stereocenters. The van der Waals surface area contributed by atoms with Crippen molar-refractivity contribution in [2.75, 3.05) is 6.61 Å². The van der Waals surface area contributed by atoms with Crippen LogP contribution in [0.1, 0.15) is 15.4 Å². The van der Waals surface area contributed by atoms with Crippen molar-refractivity contribution in [3.63, 3.8) is 0 Å². The lowest BCUT2D eigenvalue weighted by molar-refractivity contribution is -0.184. The summed E-state index contributed by atoms with van der Waals surface area (Å²) < 4.78 is 34.9. The third-order valence-corrected chi connectivity index (χ3v) is 2.28. The minimum absolute atomic E-state index is 0.233. The third kappa shape index (κ3) is 3.84. The Morgan fingerprint density at radius 1 is 1.67 bits per heavy atom. The number of rotatable bonds is 3. The molecule has 4 nitrogen and oxygen atoms in total. The number of hydrogen-bond donors (Lipinski definition) is 1. The molecule has 0 spiro atoms. The van der Waals surface area contributed by atoms with Gasteiger partial charge in [0.05, 0.1) is 11.2 Å². The van der Waals surface area contributed by atoms with Gasteiger partial charge in [-0.2, -0.15) is 13.2 Å². The average Bonchev–Trinajstić information content (AvgIpc) is 2.48. The predicted octanol–water partition coefficient (Wildman–Crippen LogP) is 1.68. The van der Waals surface area contributed by atoms with Crippen molar-refractivity contribution in [3.8, 4) is 0 Å². The number of carbonyl (C=O) groups is 1. The largest absolute Gasteiger partial charge is 0.414 e. The van der Waals surface area contributed by atoms with Gasteiger partial charge in [0.1, 0.15) is 4.88 Å². The molecule has 8 heteroatoms. The van der Waals surface area contributed by atoms with Crippen molar-refractivity contribution in [2.24, 2.45) is 0 Å². The molecule has 0 saturated heterocycles. The molecule has 0 aliphatic heterocycles. The number of thiazole rings is 1. The van der Waals surface area contributed by atoms with Gasteiger partial charge in [0, 0.05) is 0 Å². The Bertz CT molecular complexity index is 350. The van der Waals surface area contributed by atoms with E-state index in [9.17, 15) is 18.0 Å². The van der Waals surface area contributed by atoms with Gasteiger partial charge in [-0.15, -0.1) is 11.3 Å². The Kier molecular flexibility index (Phi) is 3.64. The lowest BCUT2D eigenvalue weighted by Gasteiger charge is -2.07. The molecule has 1 aromatic heterocycles. The van der Waals surface area contributed by atoms with Crippen LogP contribution in [0.15, 0.2) is 5.51 Å². The highest BCUT2D eigenvalue weighted by molar-refractivity contribution is 7.11. The van der Waals surface area contributed by atoms with E-state index in [1.807, 2.05) is 0 Å². The normalized spacial score (nSPS) is 11.5. The molecule has 0 bridgehead atoms. The summed E-state index contributed by atoms with van der Waals surface area (Å²) in [5.74, 6) is -0.723. The van der Waals surface area contributed by atoms with Gasteiger partial charge in [-0.3, -0.25) is 9.63 Å². The number of amides is 1. The van der Waals surface area contributed by atoms with Crippen molar-refractivity contribution >= 4 is 17.2 Å². The first-order valence-electron chi connectivity index (χ1n) is 3.79. The molecule has 0 radical (unpaired) electrons. The zero-order chi connectivity index (χ0) is 11.5. The molecule has 1 rings (SSSR count). The van der Waals surface area contributed by atoms with Crippen molar-refractivity contribution in [1.82, 2.24) is 10.5 Å². The Morgan fingerprint density at radius 3 is 2.80 bits per heavy atom. The van der Waals surface area contributed by atoms with Gasteiger partial charge in [0.15, 0.2) is 6.61 Å². The van der Waals surface area contributed by atoms with E-state index in [2.05, 4.69) is 9.82 Å². The second-order valence-electron chi connectivity index (χ2n) is 2.60. The van der Waals surface area contributed by atoms with Crippen molar-refractivity contribution < 1.29 is 22.8 Å². The molecule has 1 heterocycles. The topological polar surface area (TPSA) is 51.2 Å². The zero-order valence-electron chi connectivity index (χ0n) is 7.59. The highest BCUT2D eigenvalue weighted by Gasteiger charge is 2.28. The molecule has 0 aliphatic rings. The van der Waals surface area contributed by atoms with E-state index in [0.29, 0.717) is 5.69 Å². The number of hydrogen-bond acceptors (Lipinski definition) is 4. The number of nitrogens with zero attached hydrogens (tertiary/aromatic N) is 1. The van der Waals surface area contributed by atoms with Gasteiger partial charge in [-0.1, -0.05) is 0 Å². The van der Waals surface area contributed by atoms with Gasteiger partial charge >= 0.3 is 6.18 Å². The Labute approximate surface area is 87.0 Å². The van der Waals surface area contributed by atoms with Crippen molar-refractivity contribution in [1.29, 1.82) is 0 Å². The first-order chi connectivity index (χ1) is 6.90. The van der Waals surface area contributed by atoms with Crippen LogP contribution in [0.25, 0.3) is 0 Å². The molecular formula is C7H7F3N2O2S. The fourth-order valence-corrected chi connectivity index (χ4v) is 1.44. The highest BCUT2D eigenvalue weighted by Crippen LogP contribution is 2.14. The van der Waals surface area contributed by atoms with E-state index >= 15 is 0 Å². The molecule has 0 unspecified atom stereocenters. The summed E-state index contributed by atoms with van der Waals surface area (Å²) >= 11 is 1.03. The Morgan fingerprint density at radius 2 is 2.33 bits per heavy atom. The molecule has 0 fully saturated rings. The lowest BCUT2D eigenvalue weighted by atomic mass is 10.4. The number of carbonyl (C=O) groups excluding carboxylic acids is 1. The molecule has 1 amide bonds. The minimum Gasteiger partial charge on any atom is -0.266 e. The molecule has 15 heavy (non-hydrogen) atoms. The van der Waals surface area contributed by atoms with Gasteiger partial charge in [-0.05, 0) is 6.92 Å². The second-order valence-corrected chi connectivity index (χ2v) is 3.46. The van der Waals surface area contributed by atoms with Crippen LogP contribution in [-0.2, 0) is 4.84 Å².